The smallest absolute Gasteiger partial charge is 0.335 e. The molecule has 0 aromatic heterocycles. The van der Waals surface area contributed by atoms with Gasteiger partial charge < -0.3 is 55.4 Å². The Morgan fingerprint density at radius 2 is 1.62 bits per heavy atom. The maximum atomic E-state index is 10.7. The number of carbonyl (C=O) groups is 1. The Morgan fingerprint density at radius 3 is 2.08 bits per heavy atom. The lowest BCUT2D eigenvalue weighted by atomic mass is 9.98. The van der Waals surface area contributed by atoms with Gasteiger partial charge in [-0.25, -0.2) is 4.79 Å². The van der Waals surface area contributed by atoms with E-state index in [-0.39, 0.29) is 0 Å². The van der Waals surface area contributed by atoms with Crippen LogP contribution in [0.3, 0.4) is 0 Å². The molecule has 1 unspecified atom stereocenters. The Hall–Kier alpha value is -0.930. The number of hydrogen-bond acceptors (Lipinski definition) is 11. The summed E-state index contributed by atoms with van der Waals surface area (Å²) in [5.74, 6) is -1.84. The fourth-order valence-corrected chi connectivity index (χ4v) is 2.16. The van der Waals surface area contributed by atoms with Gasteiger partial charge in [-0.3, -0.25) is 0 Å². The molecule has 1 rings (SSSR count). The van der Waals surface area contributed by atoms with Crippen molar-refractivity contribution < 1.29 is 60.2 Å². The van der Waals surface area contributed by atoms with E-state index in [0.29, 0.717) is 0 Å². The molecule has 9 atom stereocenters. The van der Waals surface area contributed by atoms with Crippen LogP contribution in [0.4, 0.5) is 0 Å². The van der Waals surface area contributed by atoms with Crippen molar-refractivity contribution >= 4 is 5.97 Å². The van der Waals surface area contributed by atoms with Crippen LogP contribution in [0.2, 0.25) is 0 Å². The Kier molecular flexibility index (Phi) is 7.88. The summed E-state index contributed by atoms with van der Waals surface area (Å²) in [7, 11) is 0. The SMILES string of the molecule is O=C(O)[C@H](O)[C@@H](O)[C@H](OC1O[C@H](CO)[C@H](O)[C@H](O)[C@H]1O)[C@H](O)CO. The molecular formula is C12H22O12. The van der Waals surface area contributed by atoms with Crippen LogP contribution < -0.4 is 0 Å². The van der Waals surface area contributed by atoms with Crippen molar-refractivity contribution in [2.24, 2.45) is 0 Å². The molecule has 0 aromatic carbocycles. The first-order valence-corrected chi connectivity index (χ1v) is 6.99. The molecule has 12 heteroatoms. The lowest BCUT2D eigenvalue weighted by Crippen LogP contribution is -2.61. The summed E-state index contributed by atoms with van der Waals surface area (Å²) >= 11 is 0. The molecule has 1 heterocycles. The predicted octanol–water partition coefficient (Wildman–Crippen LogP) is -5.67. The number of aliphatic hydroxyl groups is 8. The normalized spacial score (nSPS) is 35.9. The van der Waals surface area contributed by atoms with Crippen LogP contribution in [0.1, 0.15) is 0 Å². The van der Waals surface area contributed by atoms with Gasteiger partial charge in [-0.1, -0.05) is 0 Å². The van der Waals surface area contributed by atoms with Crippen molar-refractivity contribution in [1.29, 1.82) is 0 Å². The molecule has 1 fully saturated rings. The molecule has 0 bridgehead atoms. The van der Waals surface area contributed by atoms with E-state index < -0.39 is 74.3 Å². The van der Waals surface area contributed by atoms with E-state index in [0.717, 1.165) is 0 Å². The number of ether oxygens (including phenoxy) is 2. The quantitative estimate of drug-likeness (QED) is 0.198. The minimum Gasteiger partial charge on any atom is -0.479 e. The fourth-order valence-electron chi connectivity index (χ4n) is 2.16. The third-order valence-corrected chi connectivity index (χ3v) is 3.62. The summed E-state index contributed by atoms with van der Waals surface area (Å²) in [4.78, 5) is 10.7. The van der Waals surface area contributed by atoms with Crippen molar-refractivity contribution in [3.05, 3.63) is 0 Å². The molecule has 0 saturated carbocycles. The number of aliphatic hydroxyl groups excluding tert-OH is 8. The van der Waals surface area contributed by atoms with Crippen LogP contribution in [0, 0.1) is 0 Å². The van der Waals surface area contributed by atoms with Gasteiger partial charge in [0.25, 0.3) is 0 Å². The van der Waals surface area contributed by atoms with E-state index in [2.05, 4.69) is 0 Å². The van der Waals surface area contributed by atoms with Crippen LogP contribution in [-0.2, 0) is 14.3 Å². The third kappa shape index (κ3) is 4.58. The molecule has 1 saturated heterocycles. The van der Waals surface area contributed by atoms with Gasteiger partial charge in [0.1, 0.15) is 42.7 Å². The van der Waals surface area contributed by atoms with Gasteiger partial charge in [0.2, 0.25) is 0 Å². The van der Waals surface area contributed by atoms with E-state index in [4.69, 9.17) is 24.8 Å². The Labute approximate surface area is 135 Å². The van der Waals surface area contributed by atoms with Gasteiger partial charge in [-0.15, -0.1) is 0 Å². The highest BCUT2D eigenvalue weighted by molar-refractivity contribution is 5.72. The molecule has 0 amide bonds. The first-order chi connectivity index (χ1) is 11.1. The molecule has 24 heavy (non-hydrogen) atoms. The largest absolute Gasteiger partial charge is 0.479 e. The Bertz CT molecular complexity index is 403. The van der Waals surface area contributed by atoms with Gasteiger partial charge >= 0.3 is 5.97 Å². The van der Waals surface area contributed by atoms with Gasteiger partial charge in [-0.05, 0) is 0 Å². The molecule has 142 valence electrons. The topological polar surface area (TPSA) is 218 Å². The summed E-state index contributed by atoms with van der Waals surface area (Å²) < 4.78 is 9.98. The highest BCUT2D eigenvalue weighted by Gasteiger charge is 2.47. The number of carboxylic acids is 1. The molecule has 0 aromatic rings. The molecule has 12 nitrogen and oxygen atoms in total. The van der Waals surface area contributed by atoms with E-state index in [1.54, 1.807) is 0 Å². The van der Waals surface area contributed by atoms with E-state index in [1.165, 1.54) is 0 Å². The van der Waals surface area contributed by atoms with Crippen molar-refractivity contribution in [1.82, 2.24) is 0 Å². The minimum absolute atomic E-state index is 0.766. The van der Waals surface area contributed by atoms with Crippen molar-refractivity contribution in [2.75, 3.05) is 13.2 Å². The first-order valence-electron chi connectivity index (χ1n) is 6.99. The maximum Gasteiger partial charge on any atom is 0.335 e. The Morgan fingerprint density at radius 1 is 1.04 bits per heavy atom. The molecule has 0 radical (unpaired) electrons. The second-order valence-electron chi connectivity index (χ2n) is 5.32. The van der Waals surface area contributed by atoms with E-state index in [1.807, 2.05) is 0 Å². The fraction of sp³-hybridized carbons (Fsp3) is 0.917. The second kappa shape index (κ2) is 8.96. The van der Waals surface area contributed by atoms with Gasteiger partial charge in [0.05, 0.1) is 13.2 Å². The summed E-state index contributed by atoms with van der Waals surface area (Å²) in [6, 6.07) is 0. The van der Waals surface area contributed by atoms with Gasteiger partial charge in [0, 0.05) is 0 Å². The molecule has 9 N–H and O–H groups in total. The molecular weight excluding hydrogens is 336 g/mol. The lowest BCUT2D eigenvalue weighted by molar-refractivity contribution is -0.326. The van der Waals surface area contributed by atoms with Crippen molar-refractivity contribution in [3.8, 4) is 0 Å². The van der Waals surface area contributed by atoms with E-state index in [9.17, 15) is 35.4 Å². The minimum atomic E-state index is -2.39. The van der Waals surface area contributed by atoms with Crippen molar-refractivity contribution in [3.63, 3.8) is 0 Å². The molecule has 1 aliphatic rings. The first kappa shape index (κ1) is 21.1. The number of aliphatic carboxylic acids is 1. The van der Waals surface area contributed by atoms with E-state index >= 15 is 0 Å². The number of hydrogen-bond donors (Lipinski definition) is 9. The molecule has 1 aliphatic heterocycles. The van der Waals surface area contributed by atoms with Crippen LogP contribution in [-0.4, -0.2) is 120 Å². The summed E-state index contributed by atoms with van der Waals surface area (Å²) in [6.45, 7) is -1.76. The molecule has 0 aliphatic carbocycles. The third-order valence-electron chi connectivity index (χ3n) is 3.62. The average molecular weight is 358 g/mol. The second-order valence-corrected chi connectivity index (χ2v) is 5.32. The number of rotatable bonds is 8. The highest BCUT2D eigenvalue weighted by atomic mass is 16.7. The maximum absolute atomic E-state index is 10.7. The van der Waals surface area contributed by atoms with Gasteiger partial charge in [0.15, 0.2) is 12.4 Å². The average Bonchev–Trinajstić information content (AvgIpc) is 2.57. The monoisotopic (exact) mass is 358 g/mol. The Balaban J connectivity index is 2.94. The van der Waals surface area contributed by atoms with Crippen LogP contribution in [0.5, 0.6) is 0 Å². The molecule has 0 spiro atoms. The number of carboxylic acid groups (broad SMARTS) is 1. The van der Waals surface area contributed by atoms with Crippen LogP contribution in [0.15, 0.2) is 0 Å². The summed E-state index contributed by atoms with van der Waals surface area (Å²) in [5.41, 5.74) is 0. The summed E-state index contributed by atoms with van der Waals surface area (Å²) in [6.07, 6.45) is -16.9. The zero-order valence-electron chi connectivity index (χ0n) is 12.4. The standard InChI is InChI=1S/C12H22O12/c13-1-3(15)10(7(18)8(19)11(21)22)24-12-9(20)6(17)5(16)4(2-14)23-12/h3-10,12-20H,1-2H2,(H,21,22)/t3-,4-,5+,6+,7-,8-,9-,10-,12?/m1/s1. The van der Waals surface area contributed by atoms with Crippen LogP contribution >= 0.6 is 0 Å². The summed E-state index contributed by atoms with van der Waals surface area (Å²) in [5, 5.41) is 84.5. The zero-order chi connectivity index (χ0) is 18.6. The highest BCUT2D eigenvalue weighted by Crippen LogP contribution is 2.24. The van der Waals surface area contributed by atoms with Gasteiger partial charge in [-0.2, -0.15) is 0 Å². The van der Waals surface area contributed by atoms with Crippen molar-refractivity contribution in [2.45, 2.75) is 55.1 Å². The lowest BCUT2D eigenvalue weighted by Gasteiger charge is -2.42. The van der Waals surface area contributed by atoms with Crippen LogP contribution in [0.25, 0.3) is 0 Å². The predicted molar refractivity (Wildman–Crippen MR) is 71.4 cm³/mol. The zero-order valence-corrected chi connectivity index (χ0v) is 12.4.